The fourth-order valence-corrected chi connectivity index (χ4v) is 2.74. The average molecular weight is 380 g/mol. The second kappa shape index (κ2) is 8.39. The summed E-state index contributed by atoms with van der Waals surface area (Å²) in [5.74, 6) is -0.172. The smallest absolute Gasteiger partial charge is 0.336 e. The third-order valence-corrected chi connectivity index (χ3v) is 4.04. The fourth-order valence-electron chi connectivity index (χ4n) is 2.74. The van der Waals surface area contributed by atoms with Crippen LogP contribution in [0.15, 0.2) is 57.7 Å². The van der Waals surface area contributed by atoms with Crippen LogP contribution in [0.25, 0.3) is 11.0 Å². The molecule has 2 N–H and O–H groups in total. The van der Waals surface area contributed by atoms with Gasteiger partial charge in [0, 0.05) is 35.3 Å². The molecule has 0 bridgehead atoms. The summed E-state index contributed by atoms with van der Waals surface area (Å²) >= 11 is 0. The summed E-state index contributed by atoms with van der Waals surface area (Å²) in [5, 5.41) is 6.20. The zero-order valence-corrected chi connectivity index (χ0v) is 15.6. The molecular formula is C21H20N2O5. The number of ether oxygens (including phenoxy) is 1. The summed E-state index contributed by atoms with van der Waals surface area (Å²) in [7, 11) is 0. The number of fused-ring (bicyclic) bond motifs is 1. The molecule has 0 atom stereocenters. The second-order valence-corrected chi connectivity index (χ2v) is 6.18. The number of benzene rings is 2. The molecule has 0 saturated carbocycles. The van der Waals surface area contributed by atoms with E-state index in [4.69, 9.17) is 9.15 Å². The lowest BCUT2D eigenvalue weighted by Gasteiger charge is -2.09. The van der Waals surface area contributed by atoms with Crippen LogP contribution >= 0.6 is 0 Å². The van der Waals surface area contributed by atoms with Crippen molar-refractivity contribution in [3.8, 4) is 5.75 Å². The molecule has 7 nitrogen and oxygen atoms in total. The maximum atomic E-state index is 12.2. The highest BCUT2D eigenvalue weighted by Crippen LogP contribution is 2.22. The first-order chi connectivity index (χ1) is 13.5. The number of amides is 2. The van der Waals surface area contributed by atoms with Gasteiger partial charge in [-0.3, -0.25) is 9.59 Å². The lowest BCUT2D eigenvalue weighted by Crippen LogP contribution is -2.23. The molecular weight excluding hydrogens is 360 g/mol. The van der Waals surface area contributed by atoms with Crippen molar-refractivity contribution in [1.82, 2.24) is 5.32 Å². The summed E-state index contributed by atoms with van der Waals surface area (Å²) < 4.78 is 10.7. The van der Waals surface area contributed by atoms with Crippen LogP contribution in [0.1, 0.15) is 22.8 Å². The minimum atomic E-state index is -0.438. The molecule has 0 radical (unpaired) electrons. The summed E-state index contributed by atoms with van der Waals surface area (Å²) in [6.45, 7) is 3.95. The van der Waals surface area contributed by atoms with Gasteiger partial charge in [-0.25, -0.2) is 4.79 Å². The molecule has 0 aliphatic carbocycles. The zero-order chi connectivity index (χ0) is 20.1. The van der Waals surface area contributed by atoms with Gasteiger partial charge in [-0.2, -0.15) is 0 Å². The largest absolute Gasteiger partial charge is 0.484 e. The SMILES string of the molecule is CCNC(=O)c1cccc(NC(=O)COc2ccc3c(C)cc(=O)oc3c2)c1. The topological polar surface area (TPSA) is 97.6 Å². The van der Waals surface area contributed by atoms with Crippen LogP contribution in [0.3, 0.4) is 0 Å². The van der Waals surface area contributed by atoms with E-state index in [1.807, 2.05) is 13.8 Å². The van der Waals surface area contributed by atoms with E-state index in [0.29, 0.717) is 29.1 Å². The summed E-state index contributed by atoms with van der Waals surface area (Å²) in [5.41, 5.74) is 1.73. The van der Waals surface area contributed by atoms with Gasteiger partial charge in [-0.05, 0) is 49.7 Å². The first kappa shape index (κ1) is 19.2. The Morgan fingerprint density at radius 3 is 2.71 bits per heavy atom. The number of rotatable bonds is 6. The molecule has 1 aromatic heterocycles. The predicted octanol–water partition coefficient (Wildman–Crippen LogP) is 2.87. The number of carbonyl (C=O) groups excluding carboxylic acids is 2. The van der Waals surface area contributed by atoms with Gasteiger partial charge in [0.1, 0.15) is 11.3 Å². The number of anilines is 1. The Bertz CT molecular complexity index is 1090. The van der Waals surface area contributed by atoms with Crippen molar-refractivity contribution in [3.05, 3.63) is 70.1 Å². The molecule has 3 aromatic rings. The van der Waals surface area contributed by atoms with E-state index >= 15 is 0 Å². The van der Waals surface area contributed by atoms with Gasteiger partial charge >= 0.3 is 5.63 Å². The lowest BCUT2D eigenvalue weighted by molar-refractivity contribution is -0.118. The maximum Gasteiger partial charge on any atom is 0.336 e. The summed E-state index contributed by atoms with van der Waals surface area (Å²) in [6.07, 6.45) is 0. The van der Waals surface area contributed by atoms with Crippen molar-refractivity contribution < 1.29 is 18.7 Å². The molecule has 0 aliphatic heterocycles. The van der Waals surface area contributed by atoms with E-state index < -0.39 is 5.63 Å². The monoisotopic (exact) mass is 380 g/mol. The normalized spacial score (nSPS) is 10.5. The van der Waals surface area contributed by atoms with Crippen molar-refractivity contribution in [2.75, 3.05) is 18.5 Å². The first-order valence-electron chi connectivity index (χ1n) is 8.81. The number of aryl methyl sites for hydroxylation is 1. The Balaban J connectivity index is 1.64. The molecule has 0 fully saturated rings. The highest BCUT2D eigenvalue weighted by Gasteiger charge is 2.09. The Morgan fingerprint density at radius 1 is 1.11 bits per heavy atom. The third-order valence-electron chi connectivity index (χ3n) is 4.04. The van der Waals surface area contributed by atoms with Crippen LogP contribution < -0.4 is 21.0 Å². The second-order valence-electron chi connectivity index (χ2n) is 6.18. The summed E-state index contributed by atoms with van der Waals surface area (Å²) in [6, 6.07) is 13.1. The van der Waals surface area contributed by atoms with E-state index in [1.54, 1.807) is 42.5 Å². The van der Waals surface area contributed by atoms with Gasteiger partial charge in [0.05, 0.1) is 0 Å². The number of hydrogen-bond acceptors (Lipinski definition) is 5. The van der Waals surface area contributed by atoms with Gasteiger partial charge in [-0.15, -0.1) is 0 Å². The predicted molar refractivity (Wildman–Crippen MR) is 106 cm³/mol. The number of hydrogen-bond donors (Lipinski definition) is 2. The Labute approximate surface area is 161 Å². The molecule has 1 heterocycles. The Kier molecular flexibility index (Phi) is 5.74. The van der Waals surface area contributed by atoms with Crippen LogP contribution in [0.2, 0.25) is 0 Å². The van der Waals surface area contributed by atoms with Crippen LogP contribution in [-0.4, -0.2) is 25.0 Å². The third kappa shape index (κ3) is 4.56. The standard InChI is InChI=1S/C21H20N2O5/c1-3-22-21(26)14-5-4-6-15(10-14)23-19(24)12-27-16-7-8-17-13(2)9-20(25)28-18(17)11-16/h4-11H,3,12H2,1-2H3,(H,22,26)(H,23,24). The van der Waals surface area contributed by atoms with Gasteiger partial charge in [0.25, 0.3) is 11.8 Å². The van der Waals surface area contributed by atoms with Crippen LogP contribution in [-0.2, 0) is 4.79 Å². The lowest BCUT2D eigenvalue weighted by atomic mass is 10.1. The van der Waals surface area contributed by atoms with Crippen LogP contribution in [0, 0.1) is 6.92 Å². The minimum absolute atomic E-state index is 0.206. The molecule has 7 heteroatoms. The molecule has 3 rings (SSSR count). The van der Waals surface area contributed by atoms with Gasteiger partial charge < -0.3 is 19.8 Å². The van der Waals surface area contributed by atoms with E-state index in [9.17, 15) is 14.4 Å². The van der Waals surface area contributed by atoms with E-state index in [2.05, 4.69) is 10.6 Å². The minimum Gasteiger partial charge on any atom is -0.484 e. The molecule has 0 unspecified atom stereocenters. The van der Waals surface area contributed by atoms with Crippen molar-refractivity contribution in [2.45, 2.75) is 13.8 Å². The highest BCUT2D eigenvalue weighted by atomic mass is 16.5. The van der Waals surface area contributed by atoms with Crippen molar-refractivity contribution in [1.29, 1.82) is 0 Å². The number of carbonyl (C=O) groups is 2. The molecule has 0 saturated heterocycles. The van der Waals surface area contributed by atoms with Gasteiger partial charge in [0.15, 0.2) is 6.61 Å². The van der Waals surface area contributed by atoms with Crippen molar-refractivity contribution >= 4 is 28.5 Å². The van der Waals surface area contributed by atoms with Crippen LogP contribution in [0.4, 0.5) is 5.69 Å². The van der Waals surface area contributed by atoms with Crippen molar-refractivity contribution in [2.24, 2.45) is 0 Å². The molecule has 0 aliphatic rings. The average Bonchev–Trinajstić information content (AvgIpc) is 2.66. The van der Waals surface area contributed by atoms with E-state index in [-0.39, 0.29) is 18.4 Å². The highest BCUT2D eigenvalue weighted by molar-refractivity contribution is 5.97. The van der Waals surface area contributed by atoms with Gasteiger partial charge in [0.2, 0.25) is 0 Å². The molecule has 28 heavy (non-hydrogen) atoms. The zero-order valence-electron chi connectivity index (χ0n) is 15.6. The Morgan fingerprint density at radius 2 is 1.93 bits per heavy atom. The maximum absolute atomic E-state index is 12.2. The molecule has 0 spiro atoms. The first-order valence-corrected chi connectivity index (χ1v) is 8.81. The Hall–Kier alpha value is -3.61. The molecule has 144 valence electrons. The van der Waals surface area contributed by atoms with E-state index in [0.717, 1.165) is 10.9 Å². The van der Waals surface area contributed by atoms with Gasteiger partial charge in [-0.1, -0.05) is 6.07 Å². The van der Waals surface area contributed by atoms with Crippen LogP contribution in [0.5, 0.6) is 5.75 Å². The van der Waals surface area contributed by atoms with E-state index in [1.165, 1.54) is 6.07 Å². The molecule has 2 amide bonds. The quantitative estimate of drug-likeness (QED) is 0.641. The molecule has 2 aromatic carbocycles. The number of nitrogens with one attached hydrogen (secondary N) is 2. The van der Waals surface area contributed by atoms with Crippen molar-refractivity contribution in [3.63, 3.8) is 0 Å². The fraction of sp³-hybridized carbons (Fsp3) is 0.190. The summed E-state index contributed by atoms with van der Waals surface area (Å²) in [4.78, 5) is 35.5.